The molecule has 0 saturated carbocycles. The van der Waals surface area contributed by atoms with Crippen molar-refractivity contribution in [3.05, 3.63) is 34.5 Å². The van der Waals surface area contributed by atoms with Crippen molar-refractivity contribution in [3.8, 4) is 0 Å². The summed E-state index contributed by atoms with van der Waals surface area (Å²) in [7, 11) is 2.03. The highest BCUT2D eigenvalue weighted by Crippen LogP contribution is 2.33. The van der Waals surface area contributed by atoms with Gasteiger partial charge in [0, 0.05) is 28.1 Å². The first-order valence-electron chi connectivity index (χ1n) is 5.74. The summed E-state index contributed by atoms with van der Waals surface area (Å²) >= 11 is 1.60. The van der Waals surface area contributed by atoms with Crippen molar-refractivity contribution in [2.75, 3.05) is 13.6 Å². The van der Waals surface area contributed by atoms with Crippen LogP contribution in [-0.2, 0) is 13.1 Å². The van der Waals surface area contributed by atoms with Crippen LogP contribution < -0.4 is 5.73 Å². The Balaban J connectivity index is 2.57. The molecule has 0 bridgehead atoms. The van der Waals surface area contributed by atoms with Crippen molar-refractivity contribution < 1.29 is 4.39 Å². The number of halogens is 1. The first kappa shape index (κ1) is 12.5. The van der Waals surface area contributed by atoms with Crippen molar-refractivity contribution in [2.24, 2.45) is 5.73 Å². The van der Waals surface area contributed by atoms with Crippen LogP contribution in [0, 0.1) is 5.82 Å². The molecule has 0 atom stereocenters. The van der Waals surface area contributed by atoms with Crippen LogP contribution in [0.25, 0.3) is 10.1 Å². The molecule has 1 aromatic heterocycles. The number of nitrogens with two attached hydrogens (primary N) is 1. The number of thiophene rings is 1. The lowest BCUT2D eigenvalue weighted by atomic mass is 10.1. The van der Waals surface area contributed by atoms with Gasteiger partial charge in [0.05, 0.1) is 0 Å². The summed E-state index contributed by atoms with van der Waals surface area (Å²) in [5.41, 5.74) is 6.80. The van der Waals surface area contributed by atoms with E-state index in [0.717, 1.165) is 33.6 Å². The van der Waals surface area contributed by atoms with Gasteiger partial charge in [-0.1, -0.05) is 13.0 Å². The van der Waals surface area contributed by atoms with Crippen LogP contribution in [0.5, 0.6) is 0 Å². The lowest BCUT2D eigenvalue weighted by Crippen LogP contribution is -2.17. The van der Waals surface area contributed by atoms with E-state index in [1.54, 1.807) is 17.4 Å². The van der Waals surface area contributed by atoms with Crippen molar-refractivity contribution in [1.29, 1.82) is 0 Å². The summed E-state index contributed by atoms with van der Waals surface area (Å²) in [5.74, 6) is -0.141. The molecule has 0 radical (unpaired) electrons. The van der Waals surface area contributed by atoms with E-state index in [1.165, 1.54) is 6.07 Å². The van der Waals surface area contributed by atoms with Gasteiger partial charge in [-0.25, -0.2) is 4.39 Å². The summed E-state index contributed by atoms with van der Waals surface area (Å²) < 4.78 is 14.9. The molecule has 1 aromatic carbocycles. The number of benzene rings is 1. The zero-order valence-electron chi connectivity index (χ0n) is 10.2. The zero-order chi connectivity index (χ0) is 12.4. The maximum Gasteiger partial charge on any atom is 0.132 e. The monoisotopic (exact) mass is 252 g/mol. The Morgan fingerprint density at radius 1 is 1.41 bits per heavy atom. The first-order chi connectivity index (χ1) is 8.17. The van der Waals surface area contributed by atoms with Crippen LogP contribution in [0.1, 0.15) is 17.4 Å². The Morgan fingerprint density at radius 3 is 2.82 bits per heavy atom. The molecule has 0 aliphatic heterocycles. The molecular weight excluding hydrogens is 235 g/mol. The summed E-state index contributed by atoms with van der Waals surface area (Å²) in [5, 5.41) is 0.748. The highest BCUT2D eigenvalue weighted by Gasteiger charge is 2.15. The summed E-state index contributed by atoms with van der Waals surface area (Å²) in [4.78, 5) is 3.25. The van der Waals surface area contributed by atoms with Crippen LogP contribution in [0.4, 0.5) is 4.39 Å². The molecule has 4 heteroatoms. The summed E-state index contributed by atoms with van der Waals surface area (Å²) in [6.07, 6.45) is 0. The van der Waals surface area contributed by atoms with E-state index in [4.69, 9.17) is 5.73 Å². The Hall–Kier alpha value is -0.970. The molecule has 0 saturated heterocycles. The van der Waals surface area contributed by atoms with Gasteiger partial charge in [0.2, 0.25) is 0 Å². The second kappa shape index (κ2) is 5.12. The van der Waals surface area contributed by atoms with E-state index in [0.29, 0.717) is 6.54 Å². The predicted molar refractivity (Wildman–Crippen MR) is 71.7 cm³/mol. The van der Waals surface area contributed by atoms with Crippen LogP contribution in [-0.4, -0.2) is 18.5 Å². The standard InChI is InChI=1S/C13H17FN2S/c1-3-16(2)8-9-12(7-15)17-11-6-4-5-10(14)13(9)11/h4-6H,3,7-8,15H2,1-2H3. The molecule has 2 N–H and O–H groups in total. The maximum atomic E-state index is 13.9. The van der Waals surface area contributed by atoms with E-state index < -0.39 is 0 Å². The highest BCUT2D eigenvalue weighted by molar-refractivity contribution is 7.19. The van der Waals surface area contributed by atoms with Crippen molar-refractivity contribution in [2.45, 2.75) is 20.0 Å². The third-order valence-corrected chi connectivity index (χ3v) is 4.22. The van der Waals surface area contributed by atoms with Gasteiger partial charge in [-0.15, -0.1) is 11.3 Å². The molecule has 92 valence electrons. The maximum absolute atomic E-state index is 13.9. The average Bonchev–Trinajstić information content (AvgIpc) is 2.68. The molecule has 2 aromatic rings. The van der Waals surface area contributed by atoms with Gasteiger partial charge in [0.1, 0.15) is 5.82 Å². The third kappa shape index (κ3) is 2.34. The Kier molecular flexibility index (Phi) is 3.76. The van der Waals surface area contributed by atoms with Gasteiger partial charge in [-0.05, 0) is 31.3 Å². The normalized spacial score (nSPS) is 11.6. The lowest BCUT2D eigenvalue weighted by molar-refractivity contribution is 0.346. The van der Waals surface area contributed by atoms with Crippen molar-refractivity contribution in [1.82, 2.24) is 4.90 Å². The number of nitrogens with zero attached hydrogens (tertiary/aromatic N) is 1. The van der Waals surface area contributed by atoms with E-state index in [2.05, 4.69) is 11.8 Å². The molecule has 0 amide bonds. The van der Waals surface area contributed by atoms with E-state index in [1.807, 2.05) is 13.1 Å². The summed E-state index contributed by atoms with van der Waals surface area (Å²) in [6, 6.07) is 5.23. The number of rotatable bonds is 4. The molecule has 1 heterocycles. The van der Waals surface area contributed by atoms with Gasteiger partial charge in [-0.2, -0.15) is 0 Å². The zero-order valence-corrected chi connectivity index (χ0v) is 11.0. The SMILES string of the molecule is CCN(C)Cc1c(CN)sc2cccc(F)c12. The van der Waals surface area contributed by atoms with Crippen LogP contribution in [0.15, 0.2) is 18.2 Å². The quantitative estimate of drug-likeness (QED) is 0.906. The van der Waals surface area contributed by atoms with E-state index >= 15 is 0 Å². The second-order valence-electron chi connectivity index (χ2n) is 4.15. The number of fused-ring (bicyclic) bond motifs is 1. The number of hydrogen-bond acceptors (Lipinski definition) is 3. The fourth-order valence-electron chi connectivity index (χ4n) is 1.93. The third-order valence-electron chi connectivity index (χ3n) is 3.00. The van der Waals surface area contributed by atoms with Crippen LogP contribution in [0.2, 0.25) is 0 Å². The minimum Gasteiger partial charge on any atom is -0.326 e. The molecule has 0 aliphatic rings. The van der Waals surface area contributed by atoms with Gasteiger partial charge >= 0.3 is 0 Å². The summed E-state index contributed by atoms with van der Waals surface area (Å²) in [6.45, 7) is 4.26. The smallest absolute Gasteiger partial charge is 0.132 e. The minimum absolute atomic E-state index is 0.141. The largest absolute Gasteiger partial charge is 0.326 e. The highest BCUT2D eigenvalue weighted by atomic mass is 32.1. The van der Waals surface area contributed by atoms with Gasteiger partial charge in [0.25, 0.3) is 0 Å². The van der Waals surface area contributed by atoms with Crippen molar-refractivity contribution in [3.63, 3.8) is 0 Å². The minimum atomic E-state index is -0.141. The van der Waals surface area contributed by atoms with Crippen LogP contribution in [0.3, 0.4) is 0 Å². The number of hydrogen-bond donors (Lipinski definition) is 1. The molecule has 2 nitrogen and oxygen atoms in total. The first-order valence-corrected chi connectivity index (χ1v) is 6.56. The van der Waals surface area contributed by atoms with E-state index in [9.17, 15) is 4.39 Å². The molecule has 0 spiro atoms. The Labute approximate surface area is 105 Å². The topological polar surface area (TPSA) is 29.3 Å². The molecule has 2 rings (SSSR count). The van der Waals surface area contributed by atoms with E-state index in [-0.39, 0.29) is 5.82 Å². The molecule has 0 fully saturated rings. The van der Waals surface area contributed by atoms with Gasteiger partial charge < -0.3 is 10.6 Å². The molecular formula is C13H17FN2S. The van der Waals surface area contributed by atoms with Crippen LogP contribution >= 0.6 is 11.3 Å². The Bertz CT molecular complexity index is 521. The average molecular weight is 252 g/mol. The predicted octanol–water partition coefficient (Wildman–Crippen LogP) is 2.95. The van der Waals surface area contributed by atoms with Crippen molar-refractivity contribution >= 4 is 21.4 Å². The van der Waals surface area contributed by atoms with Gasteiger partial charge in [-0.3, -0.25) is 0 Å². The Morgan fingerprint density at radius 2 is 2.18 bits per heavy atom. The lowest BCUT2D eigenvalue weighted by Gasteiger charge is -2.14. The molecule has 17 heavy (non-hydrogen) atoms. The molecule has 0 unspecified atom stereocenters. The van der Waals surface area contributed by atoms with Gasteiger partial charge in [0.15, 0.2) is 0 Å². The fraction of sp³-hybridized carbons (Fsp3) is 0.385. The second-order valence-corrected chi connectivity index (χ2v) is 5.29. The fourth-order valence-corrected chi connectivity index (χ4v) is 3.04. The molecule has 0 aliphatic carbocycles.